The highest BCUT2D eigenvalue weighted by Gasteiger charge is 2.44. The van der Waals surface area contributed by atoms with Crippen LogP contribution in [0.25, 0.3) is 0 Å². The van der Waals surface area contributed by atoms with E-state index in [1.54, 1.807) is 6.92 Å². The molecule has 6 heteroatoms. The molecule has 1 heterocycles. The van der Waals surface area contributed by atoms with Gasteiger partial charge in [0.05, 0.1) is 13.2 Å². The molecule has 0 bridgehead atoms. The number of oxime groups is 1. The van der Waals surface area contributed by atoms with Crippen molar-refractivity contribution in [3.63, 3.8) is 0 Å². The zero-order valence-corrected chi connectivity index (χ0v) is 15.5. The molecule has 0 aliphatic carbocycles. The summed E-state index contributed by atoms with van der Waals surface area (Å²) in [6, 6.07) is 19.2. The lowest BCUT2D eigenvalue weighted by Crippen LogP contribution is -2.54. The van der Waals surface area contributed by atoms with Crippen LogP contribution >= 0.6 is 0 Å². The molecule has 1 aliphatic heterocycles. The minimum atomic E-state index is -1.53. The SMILES string of the molecule is CON=C1[C@@H](C)O[C@H](OCc2ccccc2)[C@@H](F)[C@H]1OCc1ccccc1. The Kier molecular flexibility index (Phi) is 6.92. The lowest BCUT2D eigenvalue weighted by atomic mass is 10.0. The largest absolute Gasteiger partial charge is 0.399 e. The first-order valence-corrected chi connectivity index (χ1v) is 8.90. The molecule has 0 radical (unpaired) electrons. The van der Waals surface area contributed by atoms with Gasteiger partial charge in [0.2, 0.25) is 0 Å². The Labute approximate surface area is 158 Å². The van der Waals surface area contributed by atoms with Crippen LogP contribution in [0.5, 0.6) is 0 Å². The molecule has 0 N–H and O–H groups in total. The van der Waals surface area contributed by atoms with Crippen molar-refractivity contribution in [2.24, 2.45) is 5.16 Å². The van der Waals surface area contributed by atoms with Crippen LogP contribution in [0.1, 0.15) is 18.1 Å². The van der Waals surface area contributed by atoms with Crippen LogP contribution in [0.3, 0.4) is 0 Å². The van der Waals surface area contributed by atoms with Crippen LogP contribution in [-0.2, 0) is 32.3 Å². The quantitative estimate of drug-likeness (QED) is 0.691. The Balaban J connectivity index is 1.69. The van der Waals surface area contributed by atoms with E-state index in [2.05, 4.69) is 5.16 Å². The Bertz CT molecular complexity index is 725. The van der Waals surface area contributed by atoms with Gasteiger partial charge in [-0.3, -0.25) is 0 Å². The van der Waals surface area contributed by atoms with Crippen molar-refractivity contribution in [2.45, 2.75) is 44.8 Å². The number of ether oxygens (including phenoxy) is 3. The van der Waals surface area contributed by atoms with Crippen LogP contribution in [-0.4, -0.2) is 37.5 Å². The highest BCUT2D eigenvalue weighted by molar-refractivity contribution is 5.93. The van der Waals surface area contributed by atoms with Gasteiger partial charge in [-0.25, -0.2) is 4.39 Å². The smallest absolute Gasteiger partial charge is 0.192 e. The second-order valence-corrected chi connectivity index (χ2v) is 6.30. The van der Waals surface area contributed by atoms with Gasteiger partial charge in [0.1, 0.15) is 25.0 Å². The van der Waals surface area contributed by atoms with Crippen molar-refractivity contribution in [2.75, 3.05) is 7.11 Å². The van der Waals surface area contributed by atoms with Crippen molar-refractivity contribution in [3.8, 4) is 0 Å². The predicted octanol–water partition coefficient (Wildman–Crippen LogP) is 3.87. The molecule has 0 spiro atoms. The maximum absolute atomic E-state index is 15.2. The van der Waals surface area contributed by atoms with Gasteiger partial charge in [-0.1, -0.05) is 65.8 Å². The van der Waals surface area contributed by atoms with E-state index in [1.807, 2.05) is 60.7 Å². The van der Waals surface area contributed by atoms with Gasteiger partial charge in [0.25, 0.3) is 0 Å². The predicted molar refractivity (Wildman–Crippen MR) is 99.9 cm³/mol. The summed E-state index contributed by atoms with van der Waals surface area (Å²) in [5.41, 5.74) is 2.27. The Morgan fingerprint density at radius 3 is 2.04 bits per heavy atom. The van der Waals surface area contributed by atoms with E-state index in [-0.39, 0.29) is 13.2 Å². The fraction of sp³-hybridized carbons (Fsp3) is 0.381. The van der Waals surface area contributed by atoms with Crippen LogP contribution in [0, 0.1) is 0 Å². The molecule has 1 aliphatic rings. The minimum Gasteiger partial charge on any atom is -0.399 e. The molecule has 2 aromatic carbocycles. The maximum Gasteiger partial charge on any atom is 0.192 e. The fourth-order valence-corrected chi connectivity index (χ4v) is 2.94. The lowest BCUT2D eigenvalue weighted by molar-refractivity contribution is -0.223. The first kappa shape index (κ1) is 19.5. The van der Waals surface area contributed by atoms with Crippen LogP contribution in [0.2, 0.25) is 0 Å². The number of halogens is 1. The second kappa shape index (κ2) is 9.60. The van der Waals surface area contributed by atoms with Gasteiger partial charge < -0.3 is 19.0 Å². The number of alkyl halides is 1. The summed E-state index contributed by atoms with van der Waals surface area (Å²) in [5, 5.41) is 3.93. The topological polar surface area (TPSA) is 49.3 Å². The molecule has 0 unspecified atom stereocenters. The zero-order valence-electron chi connectivity index (χ0n) is 15.5. The number of hydrogen-bond acceptors (Lipinski definition) is 5. The van der Waals surface area contributed by atoms with Crippen molar-refractivity contribution in [1.82, 2.24) is 0 Å². The summed E-state index contributed by atoms with van der Waals surface area (Å²) in [6.45, 7) is 2.29. The van der Waals surface area contributed by atoms with Gasteiger partial charge >= 0.3 is 0 Å². The van der Waals surface area contributed by atoms with E-state index < -0.39 is 24.7 Å². The molecule has 1 fully saturated rings. The standard InChI is InChI=1S/C21H24FNO4/c1-15-19(23-24-2)20(25-13-16-9-5-3-6-10-16)18(22)21(27-15)26-14-17-11-7-4-8-12-17/h3-12,15,18,20-21H,13-14H2,1-2H3/t15-,18+,20-,21+/m1/s1. The highest BCUT2D eigenvalue weighted by Crippen LogP contribution is 2.26. The van der Waals surface area contributed by atoms with Crippen LogP contribution in [0.15, 0.2) is 65.8 Å². The summed E-state index contributed by atoms with van der Waals surface area (Å²) in [6.07, 6.45) is -3.97. The molecule has 144 valence electrons. The molecule has 1 saturated heterocycles. The van der Waals surface area contributed by atoms with E-state index in [1.165, 1.54) is 7.11 Å². The number of nitrogens with zero attached hydrogens (tertiary/aromatic N) is 1. The monoisotopic (exact) mass is 373 g/mol. The summed E-state index contributed by atoms with van der Waals surface area (Å²) >= 11 is 0. The maximum atomic E-state index is 15.2. The van der Waals surface area contributed by atoms with E-state index in [9.17, 15) is 0 Å². The van der Waals surface area contributed by atoms with Crippen molar-refractivity contribution < 1.29 is 23.4 Å². The third-order valence-corrected chi connectivity index (χ3v) is 4.32. The lowest BCUT2D eigenvalue weighted by Gasteiger charge is -2.37. The van der Waals surface area contributed by atoms with Gasteiger partial charge in [-0.15, -0.1) is 0 Å². The number of benzene rings is 2. The van der Waals surface area contributed by atoms with Crippen LogP contribution in [0.4, 0.5) is 4.39 Å². The van der Waals surface area contributed by atoms with Crippen LogP contribution < -0.4 is 0 Å². The Morgan fingerprint density at radius 1 is 0.926 bits per heavy atom. The Morgan fingerprint density at radius 2 is 1.48 bits per heavy atom. The Hall–Kier alpha value is -2.28. The van der Waals surface area contributed by atoms with E-state index >= 15 is 4.39 Å². The summed E-state index contributed by atoms with van der Waals surface area (Å²) in [4.78, 5) is 4.87. The third-order valence-electron chi connectivity index (χ3n) is 4.32. The van der Waals surface area contributed by atoms with Crippen molar-refractivity contribution in [1.29, 1.82) is 0 Å². The molecule has 27 heavy (non-hydrogen) atoms. The van der Waals surface area contributed by atoms with Crippen molar-refractivity contribution >= 4 is 5.71 Å². The highest BCUT2D eigenvalue weighted by atomic mass is 19.1. The molecule has 5 nitrogen and oxygen atoms in total. The average molecular weight is 373 g/mol. The number of rotatable bonds is 7. The van der Waals surface area contributed by atoms with E-state index in [0.717, 1.165) is 11.1 Å². The van der Waals surface area contributed by atoms with Gasteiger partial charge in [0.15, 0.2) is 12.5 Å². The molecule has 2 aromatic rings. The normalized spacial score (nSPS) is 26.9. The average Bonchev–Trinajstić information content (AvgIpc) is 2.71. The summed E-state index contributed by atoms with van der Waals surface area (Å²) in [5.74, 6) is 0. The van der Waals surface area contributed by atoms with E-state index in [0.29, 0.717) is 5.71 Å². The molecular formula is C21H24FNO4. The molecular weight excluding hydrogens is 349 g/mol. The van der Waals surface area contributed by atoms with E-state index in [4.69, 9.17) is 19.0 Å². The minimum absolute atomic E-state index is 0.251. The molecule has 0 aromatic heterocycles. The summed E-state index contributed by atoms with van der Waals surface area (Å²) < 4.78 is 32.4. The van der Waals surface area contributed by atoms with Gasteiger partial charge in [0, 0.05) is 0 Å². The molecule has 4 atom stereocenters. The molecule has 0 amide bonds. The molecule has 3 rings (SSSR count). The zero-order chi connectivity index (χ0) is 19.1. The first-order chi connectivity index (χ1) is 13.2. The third kappa shape index (κ3) is 5.13. The second-order valence-electron chi connectivity index (χ2n) is 6.30. The first-order valence-electron chi connectivity index (χ1n) is 8.90. The van der Waals surface area contributed by atoms with Crippen molar-refractivity contribution in [3.05, 3.63) is 71.8 Å². The van der Waals surface area contributed by atoms with Gasteiger partial charge in [-0.2, -0.15) is 0 Å². The summed E-state index contributed by atoms with van der Waals surface area (Å²) in [7, 11) is 1.42. The fourth-order valence-electron chi connectivity index (χ4n) is 2.94. The molecule has 0 saturated carbocycles. The number of hydrogen-bond donors (Lipinski definition) is 0. The van der Waals surface area contributed by atoms with Gasteiger partial charge in [-0.05, 0) is 18.1 Å².